The third kappa shape index (κ3) is 6.32. The molecule has 0 radical (unpaired) electrons. The maximum absolute atomic E-state index is 14.8. The second kappa shape index (κ2) is 13.5. The number of rotatable bonds is 7. The normalized spacial score (nSPS) is 20.9. The number of piperidine rings is 1. The topological polar surface area (TPSA) is 132 Å². The molecule has 7 rings (SSSR count). The Morgan fingerprint density at radius 2 is 1.71 bits per heavy atom. The van der Waals surface area contributed by atoms with E-state index in [1.165, 1.54) is 41.3 Å². The zero-order valence-corrected chi connectivity index (χ0v) is 27.4. The number of carbonyl (C=O) groups is 4. The Bertz CT molecular complexity index is 1840. The molecule has 2 saturated heterocycles. The van der Waals surface area contributed by atoms with Gasteiger partial charge in [-0.2, -0.15) is 0 Å². The van der Waals surface area contributed by atoms with Crippen LogP contribution in [-0.4, -0.2) is 82.6 Å². The van der Waals surface area contributed by atoms with Gasteiger partial charge >= 0.3 is 5.97 Å². The van der Waals surface area contributed by atoms with E-state index in [0.717, 1.165) is 50.1 Å². The highest BCUT2D eigenvalue weighted by atomic mass is 35.5. The molecule has 1 unspecified atom stereocenters. The Hall–Kier alpha value is -4.97. The number of nitrogens with zero attached hydrogens (tertiary/aromatic N) is 4. The minimum Gasteiger partial charge on any atom is -0.478 e. The molecule has 4 heterocycles. The average Bonchev–Trinajstić information content (AvgIpc) is 3.78. The smallest absolute Gasteiger partial charge is 0.335 e. The van der Waals surface area contributed by atoms with Crippen LogP contribution in [0.2, 0.25) is 5.02 Å². The molecular weight excluding hydrogens is 653 g/mol. The fourth-order valence-electron chi connectivity index (χ4n) is 7.43. The average molecular weight is 688 g/mol. The Kier molecular flexibility index (Phi) is 8.98. The number of carbonyl (C=O) groups excluding carboxylic acids is 3. The molecule has 2 fully saturated rings. The number of likely N-dealkylation sites (tertiary alicyclic amines) is 1. The summed E-state index contributed by atoms with van der Waals surface area (Å²) in [6.45, 7) is 2.56. The molecule has 4 aliphatic rings. The molecule has 254 valence electrons. The highest BCUT2D eigenvalue weighted by Gasteiger charge is 2.43. The van der Waals surface area contributed by atoms with Crippen molar-refractivity contribution in [2.24, 2.45) is 5.16 Å². The Morgan fingerprint density at radius 3 is 2.43 bits per heavy atom. The van der Waals surface area contributed by atoms with E-state index in [-0.39, 0.29) is 46.8 Å². The van der Waals surface area contributed by atoms with E-state index >= 15 is 0 Å². The van der Waals surface area contributed by atoms with Crippen molar-refractivity contribution >= 4 is 52.4 Å². The largest absolute Gasteiger partial charge is 0.478 e. The molecule has 2 atom stereocenters. The summed E-state index contributed by atoms with van der Waals surface area (Å²) in [5, 5.41) is 16.1. The molecule has 0 spiro atoms. The van der Waals surface area contributed by atoms with Crippen LogP contribution in [0.1, 0.15) is 65.2 Å². The van der Waals surface area contributed by atoms with E-state index < -0.39 is 35.7 Å². The predicted octanol–water partition coefficient (Wildman–Crippen LogP) is 5.03. The maximum atomic E-state index is 14.8. The summed E-state index contributed by atoms with van der Waals surface area (Å²) in [6.07, 6.45) is 2.64. The second-order valence-electron chi connectivity index (χ2n) is 12.7. The molecule has 13 heteroatoms. The number of halogens is 2. The van der Waals surface area contributed by atoms with Gasteiger partial charge in [0.05, 0.1) is 16.3 Å². The molecule has 11 nitrogen and oxygen atoms in total. The van der Waals surface area contributed by atoms with Gasteiger partial charge < -0.3 is 30.0 Å². The van der Waals surface area contributed by atoms with Crippen molar-refractivity contribution in [2.45, 2.75) is 56.7 Å². The molecule has 2 N–H and O–H groups in total. The van der Waals surface area contributed by atoms with Crippen LogP contribution < -0.4 is 10.2 Å². The van der Waals surface area contributed by atoms with Gasteiger partial charge in [0.1, 0.15) is 6.04 Å². The van der Waals surface area contributed by atoms with Crippen molar-refractivity contribution in [1.29, 1.82) is 0 Å². The van der Waals surface area contributed by atoms with Gasteiger partial charge in [-0.1, -0.05) is 35.0 Å². The molecule has 3 aromatic rings. The Balaban J connectivity index is 1.15. The van der Waals surface area contributed by atoms with Crippen LogP contribution in [0.15, 0.2) is 65.8 Å². The molecule has 3 amide bonds. The first kappa shape index (κ1) is 32.6. The van der Waals surface area contributed by atoms with E-state index in [1.807, 2.05) is 23.1 Å². The van der Waals surface area contributed by atoms with Crippen LogP contribution in [0.5, 0.6) is 0 Å². The van der Waals surface area contributed by atoms with Crippen molar-refractivity contribution in [3.05, 3.63) is 93.8 Å². The number of benzene rings is 3. The minimum absolute atomic E-state index is 0.00104. The summed E-state index contributed by atoms with van der Waals surface area (Å²) in [7, 11) is 0. The Labute approximate surface area is 287 Å². The number of carboxylic acid groups (broad SMARTS) is 1. The lowest BCUT2D eigenvalue weighted by atomic mass is 9.88. The third-order valence-electron chi connectivity index (χ3n) is 9.89. The van der Waals surface area contributed by atoms with Crippen LogP contribution in [0.3, 0.4) is 0 Å². The van der Waals surface area contributed by atoms with E-state index in [4.69, 9.17) is 16.4 Å². The van der Waals surface area contributed by atoms with Crippen molar-refractivity contribution in [3.63, 3.8) is 0 Å². The molecule has 0 aromatic heterocycles. The van der Waals surface area contributed by atoms with Gasteiger partial charge in [-0.15, -0.1) is 0 Å². The Morgan fingerprint density at radius 1 is 0.959 bits per heavy atom. The summed E-state index contributed by atoms with van der Waals surface area (Å²) in [4.78, 5) is 63.4. The van der Waals surface area contributed by atoms with E-state index in [2.05, 4.69) is 15.4 Å². The molecule has 4 aliphatic heterocycles. The SMILES string of the molecule is O=C(O)c1ccc(NC(=O)[C@H]2c3cccc(N4CCC(N5CCCC5=O)CC4)c3CCN2C(=O)C2CC(c3cccc(Cl)c3F)=NO2)cc1. The number of hydrogen-bond donors (Lipinski definition) is 2. The molecule has 0 aliphatic carbocycles. The van der Waals surface area contributed by atoms with Crippen LogP contribution in [-0.2, 0) is 25.6 Å². The van der Waals surface area contributed by atoms with Gasteiger partial charge in [0.15, 0.2) is 5.82 Å². The van der Waals surface area contributed by atoms with Gasteiger partial charge in [-0.25, -0.2) is 9.18 Å². The number of anilines is 2. The first-order chi connectivity index (χ1) is 23.7. The van der Waals surface area contributed by atoms with Gasteiger partial charge in [0.2, 0.25) is 12.0 Å². The first-order valence-corrected chi connectivity index (χ1v) is 16.9. The van der Waals surface area contributed by atoms with Gasteiger partial charge in [-0.05, 0) is 79.3 Å². The first-order valence-electron chi connectivity index (χ1n) is 16.5. The van der Waals surface area contributed by atoms with Crippen molar-refractivity contribution in [3.8, 4) is 0 Å². The van der Waals surface area contributed by atoms with E-state index in [9.17, 15) is 28.7 Å². The highest BCUT2D eigenvalue weighted by molar-refractivity contribution is 6.31. The highest BCUT2D eigenvalue weighted by Crippen LogP contribution is 2.39. The standard InChI is InChI=1S/C36H35ClFN5O6/c37-27-6-1-5-26(32(27)38)28-20-30(49-40-28)35(46)43-19-15-24-25(33(43)34(45)39-22-11-9-21(10-12-22)36(47)48)4-2-7-29(24)41-17-13-23(14-18-41)42-16-3-8-31(42)44/h1-2,4-7,9-12,23,30,33H,3,8,13-20H2,(H,39,45)(H,47,48)/t30?,33-/m1/s1. The number of carboxylic acids is 1. The molecule has 49 heavy (non-hydrogen) atoms. The number of hydrogen-bond acceptors (Lipinski definition) is 7. The van der Waals surface area contributed by atoms with Crippen molar-refractivity contribution in [1.82, 2.24) is 9.80 Å². The summed E-state index contributed by atoms with van der Waals surface area (Å²) in [6, 6.07) is 15.3. The van der Waals surface area contributed by atoms with Gasteiger partial charge in [0, 0.05) is 62.0 Å². The summed E-state index contributed by atoms with van der Waals surface area (Å²) in [5.41, 5.74) is 3.49. The molecular formula is C36H35ClFN5O6. The third-order valence-corrected chi connectivity index (χ3v) is 10.2. The fourth-order valence-corrected chi connectivity index (χ4v) is 7.60. The lowest BCUT2D eigenvalue weighted by Gasteiger charge is -2.41. The number of nitrogens with one attached hydrogen (secondary N) is 1. The number of fused-ring (bicyclic) bond motifs is 1. The number of oxime groups is 1. The predicted molar refractivity (Wildman–Crippen MR) is 180 cm³/mol. The second-order valence-corrected chi connectivity index (χ2v) is 13.2. The van der Waals surface area contributed by atoms with Crippen LogP contribution in [0, 0.1) is 5.82 Å². The van der Waals surface area contributed by atoms with E-state index in [1.54, 1.807) is 6.07 Å². The molecule has 0 saturated carbocycles. The lowest BCUT2D eigenvalue weighted by Crippen LogP contribution is -2.50. The maximum Gasteiger partial charge on any atom is 0.335 e. The van der Waals surface area contributed by atoms with E-state index in [0.29, 0.717) is 24.1 Å². The fraction of sp³-hybridized carbons (Fsp3) is 0.361. The van der Waals surface area contributed by atoms with Crippen molar-refractivity contribution < 1.29 is 33.5 Å². The summed E-state index contributed by atoms with van der Waals surface area (Å²) < 4.78 is 14.8. The number of amides is 3. The summed E-state index contributed by atoms with van der Waals surface area (Å²) in [5.74, 6) is -2.44. The lowest BCUT2D eigenvalue weighted by molar-refractivity contribution is -0.148. The zero-order chi connectivity index (χ0) is 34.2. The van der Waals surface area contributed by atoms with Crippen LogP contribution in [0.4, 0.5) is 15.8 Å². The monoisotopic (exact) mass is 687 g/mol. The molecule has 3 aromatic carbocycles. The summed E-state index contributed by atoms with van der Waals surface area (Å²) >= 11 is 5.98. The van der Waals surface area contributed by atoms with Crippen molar-refractivity contribution in [2.75, 3.05) is 36.4 Å². The van der Waals surface area contributed by atoms with Gasteiger partial charge in [-0.3, -0.25) is 14.4 Å². The minimum atomic E-state index is -1.09. The molecule has 0 bridgehead atoms. The quantitative estimate of drug-likeness (QED) is 0.356. The zero-order valence-electron chi connectivity index (χ0n) is 26.6. The van der Waals surface area contributed by atoms with Crippen LogP contribution >= 0.6 is 11.6 Å². The van der Waals surface area contributed by atoms with Gasteiger partial charge in [0.25, 0.3) is 11.8 Å². The number of aromatic carboxylic acids is 1. The van der Waals surface area contributed by atoms with Crippen LogP contribution in [0.25, 0.3) is 0 Å².